The molecule has 1 aliphatic heterocycles. The van der Waals surface area contributed by atoms with E-state index in [2.05, 4.69) is 9.97 Å². The van der Waals surface area contributed by atoms with Crippen LogP contribution in [-0.2, 0) is 4.74 Å². The molecule has 3 rings (SSSR count). The monoisotopic (exact) mass is 275 g/mol. The molecule has 20 heavy (non-hydrogen) atoms. The van der Waals surface area contributed by atoms with Gasteiger partial charge in [0.15, 0.2) is 11.5 Å². The third-order valence-corrected chi connectivity index (χ3v) is 3.40. The van der Waals surface area contributed by atoms with Crippen LogP contribution in [0.15, 0.2) is 18.5 Å². The second-order valence-electron chi connectivity index (χ2n) is 4.73. The molecule has 6 heteroatoms. The predicted molar refractivity (Wildman–Crippen MR) is 75.0 cm³/mol. The van der Waals surface area contributed by atoms with Crippen molar-refractivity contribution in [2.75, 3.05) is 26.1 Å². The SMILES string of the molecule is COc1cc2ncnc(N)c2cc1OCC1CCCO1. The Kier molecular flexibility index (Phi) is 3.56. The van der Waals surface area contributed by atoms with Gasteiger partial charge in [-0.15, -0.1) is 0 Å². The molecule has 6 nitrogen and oxygen atoms in total. The lowest BCUT2D eigenvalue weighted by Gasteiger charge is -2.15. The summed E-state index contributed by atoms with van der Waals surface area (Å²) < 4.78 is 16.7. The minimum absolute atomic E-state index is 0.153. The summed E-state index contributed by atoms with van der Waals surface area (Å²) in [5.41, 5.74) is 6.60. The Balaban J connectivity index is 1.89. The topological polar surface area (TPSA) is 79.5 Å². The number of nitrogens with two attached hydrogens (primary N) is 1. The highest BCUT2D eigenvalue weighted by Crippen LogP contribution is 2.33. The van der Waals surface area contributed by atoms with Crippen molar-refractivity contribution < 1.29 is 14.2 Å². The number of rotatable bonds is 4. The highest BCUT2D eigenvalue weighted by atomic mass is 16.5. The van der Waals surface area contributed by atoms with Crippen LogP contribution in [0.4, 0.5) is 5.82 Å². The van der Waals surface area contributed by atoms with Crippen molar-refractivity contribution in [3.05, 3.63) is 18.5 Å². The molecule has 1 atom stereocenters. The van der Waals surface area contributed by atoms with Gasteiger partial charge in [-0.25, -0.2) is 9.97 Å². The summed E-state index contributed by atoms with van der Waals surface area (Å²) in [6.45, 7) is 1.32. The van der Waals surface area contributed by atoms with Gasteiger partial charge in [-0.2, -0.15) is 0 Å². The van der Waals surface area contributed by atoms with Crippen molar-refractivity contribution >= 4 is 16.7 Å². The molecular formula is C14H17N3O3. The molecule has 2 aromatic rings. The molecule has 2 N–H and O–H groups in total. The lowest BCUT2D eigenvalue weighted by atomic mass is 10.2. The number of hydrogen-bond acceptors (Lipinski definition) is 6. The van der Waals surface area contributed by atoms with Crippen LogP contribution in [0.3, 0.4) is 0 Å². The van der Waals surface area contributed by atoms with Crippen molar-refractivity contribution in [1.29, 1.82) is 0 Å². The molecule has 0 amide bonds. The zero-order chi connectivity index (χ0) is 13.9. The molecular weight excluding hydrogens is 258 g/mol. The van der Waals surface area contributed by atoms with Crippen LogP contribution in [0, 0.1) is 0 Å². The quantitative estimate of drug-likeness (QED) is 0.916. The van der Waals surface area contributed by atoms with Crippen molar-refractivity contribution in [3.8, 4) is 11.5 Å². The first-order valence-electron chi connectivity index (χ1n) is 6.60. The highest BCUT2D eigenvalue weighted by molar-refractivity contribution is 5.90. The Morgan fingerprint density at radius 1 is 1.35 bits per heavy atom. The second kappa shape index (κ2) is 5.50. The number of nitrogens with zero attached hydrogens (tertiary/aromatic N) is 2. The molecule has 0 bridgehead atoms. The number of anilines is 1. The normalized spacial score (nSPS) is 18.4. The average Bonchev–Trinajstić information content (AvgIpc) is 2.98. The number of benzene rings is 1. The third kappa shape index (κ3) is 2.46. The van der Waals surface area contributed by atoms with Crippen LogP contribution in [0.1, 0.15) is 12.8 Å². The summed E-state index contributed by atoms with van der Waals surface area (Å²) in [7, 11) is 1.60. The van der Waals surface area contributed by atoms with Crippen molar-refractivity contribution in [2.24, 2.45) is 0 Å². The van der Waals surface area contributed by atoms with Gasteiger partial charge in [-0.05, 0) is 18.9 Å². The van der Waals surface area contributed by atoms with Gasteiger partial charge < -0.3 is 19.9 Å². The summed E-state index contributed by atoms with van der Waals surface area (Å²) in [6, 6.07) is 3.62. The molecule has 1 saturated heterocycles. The van der Waals surface area contributed by atoms with Gasteiger partial charge >= 0.3 is 0 Å². The van der Waals surface area contributed by atoms with Crippen molar-refractivity contribution in [3.63, 3.8) is 0 Å². The highest BCUT2D eigenvalue weighted by Gasteiger charge is 2.17. The zero-order valence-corrected chi connectivity index (χ0v) is 11.3. The van der Waals surface area contributed by atoms with Gasteiger partial charge in [-0.3, -0.25) is 0 Å². The van der Waals surface area contributed by atoms with E-state index >= 15 is 0 Å². The fourth-order valence-corrected chi connectivity index (χ4v) is 2.31. The van der Waals surface area contributed by atoms with E-state index in [4.69, 9.17) is 19.9 Å². The van der Waals surface area contributed by atoms with E-state index in [1.165, 1.54) is 6.33 Å². The average molecular weight is 275 g/mol. The first kappa shape index (κ1) is 12.9. The lowest BCUT2D eigenvalue weighted by Crippen LogP contribution is -2.16. The number of ether oxygens (including phenoxy) is 3. The first-order chi connectivity index (χ1) is 9.78. The summed E-state index contributed by atoms with van der Waals surface area (Å²) >= 11 is 0. The van der Waals surface area contributed by atoms with Crippen molar-refractivity contribution in [1.82, 2.24) is 9.97 Å². The molecule has 1 fully saturated rings. The first-order valence-corrected chi connectivity index (χ1v) is 6.60. The van der Waals surface area contributed by atoms with E-state index in [1.807, 2.05) is 6.07 Å². The molecule has 1 unspecified atom stereocenters. The Bertz CT molecular complexity index is 612. The fourth-order valence-electron chi connectivity index (χ4n) is 2.31. The summed E-state index contributed by atoms with van der Waals surface area (Å²) in [6.07, 6.45) is 3.70. The molecule has 1 aromatic heterocycles. The van der Waals surface area contributed by atoms with E-state index in [-0.39, 0.29) is 6.10 Å². The molecule has 0 saturated carbocycles. The van der Waals surface area contributed by atoms with Crippen LogP contribution in [0.25, 0.3) is 10.9 Å². The maximum absolute atomic E-state index is 5.86. The maximum Gasteiger partial charge on any atom is 0.162 e. The van der Waals surface area contributed by atoms with Gasteiger partial charge in [0.05, 0.1) is 18.7 Å². The van der Waals surface area contributed by atoms with Crippen LogP contribution >= 0.6 is 0 Å². The van der Waals surface area contributed by atoms with Gasteiger partial charge in [0.1, 0.15) is 18.8 Å². The van der Waals surface area contributed by atoms with E-state index in [9.17, 15) is 0 Å². The Morgan fingerprint density at radius 2 is 2.25 bits per heavy atom. The predicted octanol–water partition coefficient (Wildman–Crippen LogP) is 1.78. The molecule has 1 aromatic carbocycles. The Hall–Kier alpha value is -2.08. The summed E-state index contributed by atoms with van der Waals surface area (Å²) in [5.74, 6) is 1.70. The number of aromatic nitrogens is 2. The molecule has 0 aliphatic carbocycles. The fraction of sp³-hybridized carbons (Fsp3) is 0.429. The Morgan fingerprint density at radius 3 is 3.00 bits per heavy atom. The van der Waals surface area contributed by atoms with Crippen LogP contribution < -0.4 is 15.2 Å². The van der Waals surface area contributed by atoms with Gasteiger partial charge in [-0.1, -0.05) is 0 Å². The summed E-state index contributed by atoms with van der Waals surface area (Å²) in [5, 5.41) is 0.760. The lowest BCUT2D eigenvalue weighted by molar-refractivity contribution is 0.0670. The minimum Gasteiger partial charge on any atom is -0.493 e. The van der Waals surface area contributed by atoms with Crippen LogP contribution in [0.5, 0.6) is 11.5 Å². The Labute approximate surface area is 116 Å². The molecule has 106 valence electrons. The third-order valence-electron chi connectivity index (χ3n) is 3.40. The molecule has 0 spiro atoms. The van der Waals surface area contributed by atoms with Gasteiger partial charge in [0.2, 0.25) is 0 Å². The number of hydrogen-bond donors (Lipinski definition) is 1. The van der Waals surface area contributed by atoms with E-state index in [0.29, 0.717) is 23.9 Å². The minimum atomic E-state index is 0.153. The van der Waals surface area contributed by atoms with Gasteiger partial charge in [0.25, 0.3) is 0 Å². The van der Waals surface area contributed by atoms with E-state index in [1.54, 1.807) is 13.2 Å². The largest absolute Gasteiger partial charge is 0.493 e. The van der Waals surface area contributed by atoms with E-state index < -0.39 is 0 Å². The number of nitrogen functional groups attached to an aromatic ring is 1. The van der Waals surface area contributed by atoms with Crippen LogP contribution in [-0.4, -0.2) is 36.4 Å². The van der Waals surface area contributed by atoms with Crippen molar-refractivity contribution in [2.45, 2.75) is 18.9 Å². The molecule has 0 radical (unpaired) electrons. The standard InChI is InChI=1S/C14H17N3O3/c1-18-12-6-11-10(14(15)17-8-16-11)5-13(12)20-7-9-3-2-4-19-9/h5-6,8-9H,2-4,7H2,1H3,(H2,15,16,17). The maximum atomic E-state index is 5.86. The van der Waals surface area contributed by atoms with Gasteiger partial charge in [0, 0.05) is 18.1 Å². The number of fused-ring (bicyclic) bond motifs is 1. The second-order valence-corrected chi connectivity index (χ2v) is 4.73. The smallest absolute Gasteiger partial charge is 0.162 e. The summed E-state index contributed by atoms with van der Waals surface area (Å²) in [4.78, 5) is 8.17. The van der Waals surface area contributed by atoms with Crippen LogP contribution in [0.2, 0.25) is 0 Å². The number of methoxy groups -OCH3 is 1. The molecule has 2 heterocycles. The zero-order valence-electron chi connectivity index (χ0n) is 11.3. The van der Waals surface area contributed by atoms with E-state index in [0.717, 1.165) is 30.4 Å². The molecule has 1 aliphatic rings.